The third kappa shape index (κ3) is 6.71. The van der Waals surface area contributed by atoms with Crippen LogP contribution in [0.5, 0.6) is 0 Å². The smallest absolute Gasteiger partial charge is 0.232 e. The first-order valence-corrected chi connectivity index (χ1v) is 13.5. The number of halogens is 1. The highest BCUT2D eigenvalue weighted by Gasteiger charge is 2.25. The number of nitrogens with zero attached hydrogens (tertiary/aromatic N) is 5. The van der Waals surface area contributed by atoms with Gasteiger partial charge in [0.05, 0.1) is 11.9 Å². The number of amides is 1. The molecule has 2 aromatic rings. The average molecular weight is 496 g/mol. The molecule has 1 amide bonds. The Morgan fingerprint density at radius 1 is 1.15 bits per heavy atom. The molecule has 1 aromatic heterocycles. The number of carbonyl (C=O) groups excluding carboxylic acids is 1. The van der Waals surface area contributed by atoms with E-state index in [1.165, 1.54) is 10.6 Å². The van der Waals surface area contributed by atoms with E-state index in [1.807, 2.05) is 24.1 Å². The van der Waals surface area contributed by atoms with E-state index in [4.69, 9.17) is 11.6 Å². The minimum absolute atomic E-state index is 0.0333. The van der Waals surface area contributed by atoms with Crippen molar-refractivity contribution in [1.29, 1.82) is 0 Å². The van der Waals surface area contributed by atoms with Gasteiger partial charge in [-0.1, -0.05) is 17.7 Å². The maximum absolute atomic E-state index is 13.3. The van der Waals surface area contributed by atoms with Crippen LogP contribution in [-0.4, -0.2) is 72.4 Å². The van der Waals surface area contributed by atoms with Gasteiger partial charge in [0.15, 0.2) is 0 Å². The van der Waals surface area contributed by atoms with Crippen LogP contribution in [0.3, 0.4) is 0 Å². The monoisotopic (exact) mass is 495 g/mol. The van der Waals surface area contributed by atoms with Crippen LogP contribution in [0.1, 0.15) is 37.9 Å². The molecule has 0 bridgehead atoms. The molecule has 1 aliphatic rings. The summed E-state index contributed by atoms with van der Waals surface area (Å²) in [5, 5.41) is 4.64. The highest BCUT2D eigenvalue weighted by molar-refractivity contribution is 7.92. The van der Waals surface area contributed by atoms with Gasteiger partial charge in [-0.05, 0) is 50.5 Å². The molecule has 0 unspecified atom stereocenters. The number of aromatic nitrogens is 2. The Balaban J connectivity index is 1.93. The molecule has 0 aliphatic carbocycles. The van der Waals surface area contributed by atoms with Crippen LogP contribution < -0.4 is 4.31 Å². The van der Waals surface area contributed by atoms with Crippen molar-refractivity contribution < 1.29 is 13.2 Å². The number of hydrogen-bond acceptors (Lipinski definition) is 5. The lowest BCUT2D eigenvalue weighted by Crippen LogP contribution is -2.41. The summed E-state index contributed by atoms with van der Waals surface area (Å²) in [6, 6.07) is 7.48. The topological polar surface area (TPSA) is 78.8 Å². The number of sulfonamides is 1. The van der Waals surface area contributed by atoms with Crippen LogP contribution in [0.4, 0.5) is 5.69 Å². The third-order valence-corrected chi connectivity index (χ3v) is 7.56. The van der Waals surface area contributed by atoms with Gasteiger partial charge in [-0.25, -0.2) is 8.42 Å². The molecule has 0 atom stereocenters. The fraction of sp³-hybridized carbons (Fsp3) is 0.565. The van der Waals surface area contributed by atoms with Crippen LogP contribution in [-0.2, 0) is 34.8 Å². The minimum Gasteiger partial charge on any atom is -0.337 e. The van der Waals surface area contributed by atoms with E-state index in [1.54, 1.807) is 23.0 Å². The normalized spacial score (nSPS) is 16.5. The Hall–Kier alpha value is -2.10. The van der Waals surface area contributed by atoms with E-state index in [2.05, 4.69) is 23.8 Å². The van der Waals surface area contributed by atoms with Gasteiger partial charge in [-0.15, -0.1) is 0 Å². The van der Waals surface area contributed by atoms with Crippen molar-refractivity contribution in [3.8, 4) is 0 Å². The summed E-state index contributed by atoms with van der Waals surface area (Å²) in [6.07, 6.45) is 4.59. The van der Waals surface area contributed by atoms with Gasteiger partial charge in [0.2, 0.25) is 15.9 Å². The summed E-state index contributed by atoms with van der Waals surface area (Å²) in [5.74, 6) is 0.0333. The second-order valence-electron chi connectivity index (χ2n) is 8.85. The van der Waals surface area contributed by atoms with Crippen molar-refractivity contribution in [2.75, 3.05) is 36.7 Å². The van der Waals surface area contributed by atoms with Crippen molar-refractivity contribution in [3.05, 3.63) is 46.7 Å². The first-order valence-electron chi connectivity index (χ1n) is 11.3. The zero-order valence-corrected chi connectivity index (χ0v) is 21.4. The lowest BCUT2D eigenvalue weighted by Gasteiger charge is -2.30. The van der Waals surface area contributed by atoms with Crippen molar-refractivity contribution in [2.45, 2.75) is 45.7 Å². The Morgan fingerprint density at radius 2 is 1.91 bits per heavy atom. The maximum Gasteiger partial charge on any atom is 0.232 e. The molecule has 1 aliphatic heterocycles. The molecule has 10 heteroatoms. The molecule has 3 rings (SSSR count). The van der Waals surface area contributed by atoms with Gasteiger partial charge in [0.1, 0.15) is 0 Å². The predicted molar refractivity (Wildman–Crippen MR) is 132 cm³/mol. The molecule has 0 saturated heterocycles. The highest BCUT2D eigenvalue weighted by Crippen LogP contribution is 2.29. The van der Waals surface area contributed by atoms with E-state index in [0.29, 0.717) is 55.6 Å². The van der Waals surface area contributed by atoms with Gasteiger partial charge in [-0.3, -0.25) is 18.7 Å². The Morgan fingerprint density at radius 3 is 2.55 bits per heavy atom. The molecular weight excluding hydrogens is 462 g/mol. The molecule has 0 radical (unpaired) electrons. The molecule has 1 aromatic carbocycles. The van der Waals surface area contributed by atoms with E-state index in [9.17, 15) is 13.2 Å². The second kappa shape index (κ2) is 10.9. The first kappa shape index (κ1) is 25.5. The molecule has 182 valence electrons. The SMILES string of the molecule is CC(C)N1CCCN(S(C)(=O)=O)c2cc(Cl)ccc2CN(C(=O)CCc2ccnn2C)CC1. The summed E-state index contributed by atoms with van der Waals surface area (Å²) in [4.78, 5) is 17.4. The molecule has 33 heavy (non-hydrogen) atoms. The van der Waals surface area contributed by atoms with Crippen LogP contribution >= 0.6 is 11.6 Å². The zero-order valence-electron chi connectivity index (χ0n) is 19.9. The largest absolute Gasteiger partial charge is 0.337 e. The van der Waals surface area contributed by atoms with Crippen LogP contribution in [0.25, 0.3) is 0 Å². The summed E-state index contributed by atoms with van der Waals surface area (Å²) in [5.41, 5.74) is 2.32. The maximum atomic E-state index is 13.3. The zero-order chi connectivity index (χ0) is 24.2. The number of aryl methyl sites for hydroxylation is 2. The number of benzene rings is 1. The summed E-state index contributed by atoms with van der Waals surface area (Å²) < 4.78 is 28.6. The number of fused-ring (bicyclic) bond motifs is 1. The first-order chi connectivity index (χ1) is 15.6. The number of hydrogen-bond donors (Lipinski definition) is 0. The minimum atomic E-state index is -3.51. The van der Waals surface area contributed by atoms with Gasteiger partial charge >= 0.3 is 0 Å². The lowest BCUT2D eigenvalue weighted by atomic mass is 10.1. The Kier molecular flexibility index (Phi) is 8.42. The van der Waals surface area contributed by atoms with Gasteiger partial charge < -0.3 is 4.90 Å². The van der Waals surface area contributed by atoms with Gasteiger partial charge in [-0.2, -0.15) is 5.10 Å². The molecular formula is C23H34ClN5O3S. The standard InChI is InChI=1S/C23H34ClN5O3S/c1-18(2)27-12-5-13-29(33(4,31)32)22-16-20(24)7-6-19(22)17-28(15-14-27)23(30)9-8-21-10-11-25-26(21)3/h6-7,10-11,16,18H,5,8-9,12-15,17H2,1-4H3. The summed E-state index contributed by atoms with van der Waals surface area (Å²) >= 11 is 6.26. The third-order valence-electron chi connectivity index (χ3n) is 6.14. The van der Waals surface area contributed by atoms with E-state index >= 15 is 0 Å². The van der Waals surface area contributed by atoms with E-state index < -0.39 is 10.0 Å². The predicted octanol–water partition coefficient (Wildman–Crippen LogP) is 2.92. The summed E-state index contributed by atoms with van der Waals surface area (Å²) in [7, 11) is -1.64. The number of anilines is 1. The quantitative estimate of drug-likeness (QED) is 0.637. The van der Waals surface area contributed by atoms with Crippen molar-refractivity contribution >= 4 is 33.2 Å². The highest BCUT2D eigenvalue weighted by atomic mass is 35.5. The summed E-state index contributed by atoms with van der Waals surface area (Å²) in [6.45, 7) is 6.99. The molecule has 0 spiro atoms. The fourth-order valence-electron chi connectivity index (χ4n) is 4.20. The van der Waals surface area contributed by atoms with Gasteiger partial charge in [0.25, 0.3) is 0 Å². The molecule has 8 nitrogen and oxygen atoms in total. The van der Waals surface area contributed by atoms with E-state index in [-0.39, 0.29) is 5.91 Å². The fourth-order valence-corrected chi connectivity index (χ4v) is 5.35. The van der Waals surface area contributed by atoms with Crippen LogP contribution in [0, 0.1) is 0 Å². The Bertz CT molecular complexity index is 1070. The van der Waals surface area contributed by atoms with E-state index in [0.717, 1.165) is 24.3 Å². The van der Waals surface area contributed by atoms with Gasteiger partial charge in [0, 0.05) is 69.1 Å². The lowest BCUT2D eigenvalue weighted by molar-refractivity contribution is -0.132. The number of rotatable bonds is 5. The molecule has 0 N–H and O–H groups in total. The molecule has 0 fully saturated rings. The van der Waals surface area contributed by atoms with Crippen LogP contribution in [0.2, 0.25) is 5.02 Å². The van der Waals surface area contributed by atoms with Crippen LogP contribution in [0.15, 0.2) is 30.5 Å². The average Bonchev–Trinajstić information content (AvgIpc) is 3.13. The van der Waals surface area contributed by atoms with Crippen molar-refractivity contribution in [2.24, 2.45) is 7.05 Å². The second-order valence-corrected chi connectivity index (χ2v) is 11.2. The van der Waals surface area contributed by atoms with Crippen molar-refractivity contribution in [3.63, 3.8) is 0 Å². The number of carbonyl (C=O) groups is 1. The van der Waals surface area contributed by atoms with Crippen molar-refractivity contribution in [1.82, 2.24) is 19.6 Å². The molecule has 2 heterocycles. The Labute approximate surface area is 202 Å². The molecule has 0 saturated carbocycles.